The van der Waals surface area contributed by atoms with Crippen LogP contribution in [0.2, 0.25) is 10.8 Å². The van der Waals surface area contributed by atoms with E-state index in [1.165, 1.54) is 333 Å². The molecule has 0 N–H and O–H groups in total. The van der Waals surface area contributed by atoms with Crippen LogP contribution in [0.15, 0.2) is 72.3 Å². The van der Waals surface area contributed by atoms with Gasteiger partial charge in [0.25, 0.3) is 0 Å². The van der Waals surface area contributed by atoms with Crippen LogP contribution < -0.4 is 0 Å². The van der Waals surface area contributed by atoms with Gasteiger partial charge in [-0.2, -0.15) is 0 Å². The fraction of sp³-hybridized carbons (Fsp3) is 0.760. The molecule has 78 heavy (non-hydrogen) atoms. The monoisotopic (exact) mass is 1120 g/mol. The first-order chi connectivity index (χ1) is 38.6. The van der Waals surface area contributed by atoms with Crippen molar-refractivity contribution in [2.45, 2.75) is 366 Å². The van der Waals surface area contributed by atoms with E-state index in [0.29, 0.717) is 0 Å². The summed E-state index contributed by atoms with van der Waals surface area (Å²) in [5, 5.41) is 2.85. The average molecular weight is 1120 g/mol. The summed E-state index contributed by atoms with van der Waals surface area (Å²) in [5.41, 5.74) is 20.1. The Bertz CT molecular complexity index is 1700. The Morgan fingerprint density at radius 1 is 0.359 bits per heavy atom. The summed E-state index contributed by atoms with van der Waals surface area (Å²) in [6.07, 6.45) is 75.7. The molecular formula is C75H130N2Ni. The van der Waals surface area contributed by atoms with Crippen LogP contribution in [0, 0.1) is 0 Å². The number of nitrogens with zero attached hydrogens (tertiary/aromatic N) is 2. The molecule has 2 nitrogen and oxygen atoms in total. The molecule has 0 saturated carbocycles. The fourth-order valence-electron chi connectivity index (χ4n) is 11.4. The van der Waals surface area contributed by atoms with Gasteiger partial charge in [0.2, 0.25) is 11.4 Å². The second-order valence-corrected chi connectivity index (χ2v) is 25.5. The normalized spacial score (nSPS) is 12.6. The molecule has 0 aliphatic carbocycles. The number of allylic oxidation sites excluding steroid dienone is 4. The molecule has 1 aliphatic heterocycles. The van der Waals surface area contributed by atoms with Crippen LogP contribution in [0.4, 0.5) is 0 Å². The van der Waals surface area contributed by atoms with Gasteiger partial charge in [-0.1, -0.05) is 256 Å². The third-order valence-electron chi connectivity index (χ3n) is 16.6. The van der Waals surface area contributed by atoms with Crippen LogP contribution in [0.25, 0.3) is 16.9 Å². The second-order valence-electron chi connectivity index (χ2n) is 24.0. The van der Waals surface area contributed by atoms with Gasteiger partial charge in [-0.3, -0.25) is 0 Å². The van der Waals surface area contributed by atoms with Gasteiger partial charge in [-0.05, 0) is 80.7 Å². The summed E-state index contributed by atoms with van der Waals surface area (Å²) in [6.45, 7) is 11.4. The minimum absolute atomic E-state index is 0.938. The first-order valence-electron chi connectivity index (χ1n) is 34.8. The van der Waals surface area contributed by atoms with E-state index in [2.05, 4.69) is 101 Å². The Morgan fingerprint density at radius 3 is 1.17 bits per heavy atom. The summed E-state index contributed by atoms with van der Waals surface area (Å²) in [4.78, 5) is 0. The summed E-state index contributed by atoms with van der Waals surface area (Å²) in [7, 11) is 0. The number of benzene rings is 2. The van der Waals surface area contributed by atoms with E-state index < -0.39 is 0 Å². The van der Waals surface area contributed by atoms with Crippen molar-refractivity contribution in [3.05, 3.63) is 100 Å². The number of aryl methyl sites for hydroxylation is 2. The second kappa shape index (κ2) is 55.3. The quantitative estimate of drug-likeness (QED) is 0.0273. The molecule has 3 heteroatoms. The van der Waals surface area contributed by atoms with Crippen molar-refractivity contribution in [3.8, 4) is 0 Å². The van der Waals surface area contributed by atoms with Gasteiger partial charge < -0.3 is 5.53 Å². The van der Waals surface area contributed by atoms with E-state index in [4.69, 9.17) is 0 Å². The zero-order chi connectivity index (χ0) is 55.9. The molecule has 0 aromatic heterocycles. The molecule has 0 amide bonds. The van der Waals surface area contributed by atoms with Gasteiger partial charge in [-0.15, -0.1) is 0 Å². The number of rotatable bonds is 55. The fourth-order valence-corrected chi connectivity index (χ4v) is 12.6. The van der Waals surface area contributed by atoms with Gasteiger partial charge in [0, 0.05) is 22.8 Å². The van der Waals surface area contributed by atoms with Gasteiger partial charge in [-0.25, -0.2) is 4.70 Å². The maximum atomic E-state index is 11.9. The summed E-state index contributed by atoms with van der Waals surface area (Å²) in [6, 6.07) is 17.8. The third-order valence-corrected chi connectivity index (χ3v) is 18.0. The summed E-state index contributed by atoms with van der Waals surface area (Å²) in [5.74, 6) is 0. The molecule has 3 rings (SSSR count). The number of hydrogen-bond donors (Lipinski definition) is 0. The van der Waals surface area contributed by atoms with Crippen LogP contribution in [-0.4, -0.2) is 4.70 Å². The van der Waals surface area contributed by atoms with Crippen molar-refractivity contribution >= 4 is 11.4 Å². The van der Waals surface area contributed by atoms with Crippen molar-refractivity contribution in [1.82, 2.24) is 0 Å². The molecule has 1 aliphatic rings. The number of hydrogen-bond acceptors (Lipinski definition) is 0. The van der Waals surface area contributed by atoms with E-state index in [9.17, 15) is 5.53 Å². The van der Waals surface area contributed by atoms with Crippen molar-refractivity contribution in [3.63, 3.8) is 0 Å². The molecule has 0 bridgehead atoms. The molecular weight excluding hydrogens is 988 g/mol. The Balaban J connectivity index is 0.00000104. The molecule has 0 unspecified atom stereocenters. The molecule has 1 heterocycles. The molecule has 2 aromatic carbocycles. The van der Waals surface area contributed by atoms with E-state index in [-0.39, 0.29) is 0 Å². The average Bonchev–Trinajstić information content (AvgIpc) is 3.92. The van der Waals surface area contributed by atoms with Crippen molar-refractivity contribution in [1.29, 1.82) is 0 Å². The topological polar surface area (TPSA) is 25.3 Å². The van der Waals surface area contributed by atoms with Crippen LogP contribution in [0.3, 0.4) is 0 Å². The Kier molecular flexibility index (Phi) is 50.9. The van der Waals surface area contributed by atoms with Crippen LogP contribution in [0.5, 0.6) is 0 Å². The Labute approximate surface area is 494 Å². The SMILES string of the molecule is CCCCCCCCCCCC=CCCc1ccccc1C1=CC(CCCCCCCCCCCCCCCCCCCCCCCC)=C(c2ccc(CCCC)cc2)[N+]1=[N-].CCCCCCC[CH2][Ni][CH2]CCCCCCC. The van der Waals surface area contributed by atoms with E-state index in [1.54, 1.807) is 0 Å². The summed E-state index contributed by atoms with van der Waals surface area (Å²) >= 11 is 2.01. The molecule has 0 spiro atoms. The molecule has 450 valence electrons. The van der Waals surface area contributed by atoms with Gasteiger partial charge in [0.15, 0.2) is 0 Å². The molecule has 2 aromatic rings. The van der Waals surface area contributed by atoms with Crippen molar-refractivity contribution in [2.75, 3.05) is 0 Å². The predicted molar refractivity (Wildman–Crippen MR) is 348 cm³/mol. The van der Waals surface area contributed by atoms with Gasteiger partial charge >= 0.3 is 116 Å². The first kappa shape index (κ1) is 71.9. The summed E-state index contributed by atoms with van der Waals surface area (Å²) < 4.78 is 1.52. The van der Waals surface area contributed by atoms with Crippen LogP contribution in [0.1, 0.15) is 365 Å². The predicted octanol–water partition coefficient (Wildman–Crippen LogP) is 26.9. The minimum atomic E-state index is 0.938. The molecule has 0 saturated heterocycles. The number of unbranched alkanes of at least 4 members (excludes halogenated alkanes) is 41. The van der Waals surface area contributed by atoms with Gasteiger partial charge in [0.05, 0.1) is 0 Å². The Hall–Kier alpha value is -2.25. The molecule has 0 radical (unpaired) electrons. The maximum absolute atomic E-state index is 11.9. The third kappa shape index (κ3) is 39.2. The zero-order valence-electron chi connectivity index (χ0n) is 52.8. The van der Waals surface area contributed by atoms with Crippen LogP contribution >= 0.6 is 0 Å². The molecule has 0 fully saturated rings. The standard InChI is InChI=1S/C59H96N2.2C8H17.Ni/c1-4-7-10-12-14-16-18-20-21-22-23-24-25-26-27-28-30-32-34-36-38-40-46-56-52-58(61(60)59(56)55-50-48-53(49-51-55)43-9-6-3)57-47-42-41-45-54(57)44-39-37-35-33-31-29-19-17-15-13-11-8-5-2;2*1-3-5-7-8-6-4-2;/h35,37,41-42,45,47-52H,4-34,36,38-40,43-44,46H2,1-3H3;2*1,3-8H2,2H3;. The van der Waals surface area contributed by atoms with Crippen molar-refractivity contribution < 1.29 is 19.1 Å². The first-order valence-corrected chi connectivity index (χ1v) is 36.2. The van der Waals surface area contributed by atoms with E-state index in [1.807, 2.05) is 14.4 Å². The molecule has 0 atom stereocenters. The Morgan fingerprint density at radius 2 is 0.731 bits per heavy atom. The van der Waals surface area contributed by atoms with E-state index in [0.717, 1.165) is 42.6 Å². The van der Waals surface area contributed by atoms with E-state index >= 15 is 0 Å². The van der Waals surface area contributed by atoms with Crippen molar-refractivity contribution in [2.24, 2.45) is 0 Å². The zero-order valence-corrected chi connectivity index (χ0v) is 53.8. The van der Waals surface area contributed by atoms with Crippen LogP contribution in [-0.2, 0) is 27.3 Å². The van der Waals surface area contributed by atoms with Gasteiger partial charge in [0.1, 0.15) is 0 Å².